The highest BCUT2D eigenvalue weighted by atomic mass is 32.1. The maximum atomic E-state index is 12.0. The minimum absolute atomic E-state index is 0.111. The normalized spacial score (nSPS) is 11.0. The first kappa shape index (κ1) is 12.4. The third-order valence-electron chi connectivity index (χ3n) is 2.67. The van der Waals surface area contributed by atoms with Gasteiger partial charge in [0.05, 0.1) is 23.1 Å². The van der Waals surface area contributed by atoms with E-state index in [4.69, 9.17) is 0 Å². The Hall–Kier alpha value is -2.60. The van der Waals surface area contributed by atoms with Crippen LogP contribution in [0, 0.1) is 0 Å². The number of rotatable bonds is 4. The molecule has 0 bridgehead atoms. The Bertz CT molecular complexity index is 732. The van der Waals surface area contributed by atoms with Gasteiger partial charge in [-0.25, -0.2) is 4.68 Å². The Morgan fingerprint density at radius 1 is 1.25 bits per heavy atom. The van der Waals surface area contributed by atoms with Gasteiger partial charge in [-0.2, -0.15) is 5.10 Å². The van der Waals surface area contributed by atoms with Crippen molar-refractivity contribution in [2.75, 3.05) is 0 Å². The van der Waals surface area contributed by atoms with Crippen LogP contribution in [0.5, 0.6) is 0 Å². The molecule has 20 heavy (non-hydrogen) atoms. The predicted molar refractivity (Wildman–Crippen MR) is 76.8 cm³/mol. The van der Waals surface area contributed by atoms with E-state index in [1.54, 1.807) is 28.5 Å². The summed E-state index contributed by atoms with van der Waals surface area (Å²) >= 11 is 1.25. The highest BCUT2D eigenvalue weighted by Crippen LogP contribution is 2.09. The van der Waals surface area contributed by atoms with Gasteiger partial charge in [-0.1, -0.05) is 22.7 Å². The number of ketones is 1. The Kier molecular flexibility index (Phi) is 3.47. The smallest absolute Gasteiger partial charge is 0.189 e. The van der Waals surface area contributed by atoms with Gasteiger partial charge in [0.15, 0.2) is 5.78 Å². The molecule has 6 heteroatoms. The highest BCUT2D eigenvalue weighted by molar-refractivity contribution is 7.03. The first-order valence-electron chi connectivity index (χ1n) is 5.92. The first-order chi connectivity index (χ1) is 9.83. The monoisotopic (exact) mass is 282 g/mol. The third kappa shape index (κ3) is 2.70. The van der Waals surface area contributed by atoms with Gasteiger partial charge in [0.25, 0.3) is 0 Å². The molecule has 5 nitrogen and oxygen atoms in total. The van der Waals surface area contributed by atoms with E-state index in [9.17, 15) is 4.79 Å². The summed E-state index contributed by atoms with van der Waals surface area (Å²) in [5.41, 5.74) is 2.13. The molecule has 2 aromatic heterocycles. The van der Waals surface area contributed by atoms with Crippen molar-refractivity contribution in [3.05, 3.63) is 65.4 Å². The van der Waals surface area contributed by atoms with E-state index in [2.05, 4.69) is 14.7 Å². The number of hydrogen-bond donors (Lipinski definition) is 0. The van der Waals surface area contributed by atoms with Crippen LogP contribution < -0.4 is 0 Å². The van der Waals surface area contributed by atoms with Crippen LogP contribution >= 0.6 is 11.5 Å². The van der Waals surface area contributed by atoms with Gasteiger partial charge in [0, 0.05) is 11.6 Å². The molecule has 0 amide bonds. The van der Waals surface area contributed by atoms with Crippen LogP contribution in [0.15, 0.2) is 54.2 Å². The van der Waals surface area contributed by atoms with Gasteiger partial charge in [0.2, 0.25) is 0 Å². The van der Waals surface area contributed by atoms with Gasteiger partial charge >= 0.3 is 0 Å². The van der Waals surface area contributed by atoms with Crippen molar-refractivity contribution >= 4 is 23.4 Å². The predicted octanol–water partition coefficient (Wildman–Crippen LogP) is 2.62. The second kappa shape index (κ2) is 5.58. The lowest BCUT2D eigenvalue weighted by atomic mass is 10.2. The van der Waals surface area contributed by atoms with E-state index in [0.717, 1.165) is 5.69 Å². The fourth-order valence-electron chi connectivity index (χ4n) is 1.67. The molecule has 0 radical (unpaired) electrons. The molecule has 98 valence electrons. The SMILES string of the molecule is O=C(C=Cc1csnn1)c1cnn(-c2ccccc2)c1. The maximum absolute atomic E-state index is 12.0. The van der Waals surface area contributed by atoms with E-state index in [1.807, 2.05) is 30.3 Å². The highest BCUT2D eigenvalue weighted by Gasteiger charge is 2.06. The molecular formula is C14H10N4OS. The second-order valence-corrected chi connectivity index (χ2v) is 4.65. The second-order valence-electron chi connectivity index (χ2n) is 4.04. The van der Waals surface area contributed by atoms with Crippen molar-refractivity contribution in [2.45, 2.75) is 0 Å². The van der Waals surface area contributed by atoms with Crippen LogP contribution in [-0.2, 0) is 0 Å². The number of carbonyl (C=O) groups excluding carboxylic acids is 1. The first-order valence-corrected chi connectivity index (χ1v) is 6.76. The number of para-hydroxylation sites is 1. The zero-order valence-electron chi connectivity index (χ0n) is 10.4. The molecule has 0 aliphatic rings. The molecule has 0 spiro atoms. The summed E-state index contributed by atoms with van der Waals surface area (Å²) in [7, 11) is 0. The summed E-state index contributed by atoms with van der Waals surface area (Å²) in [6, 6.07) is 9.64. The minimum Gasteiger partial charge on any atom is -0.289 e. The molecular weight excluding hydrogens is 272 g/mol. The summed E-state index contributed by atoms with van der Waals surface area (Å²) in [4.78, 5) is 12.0. The van der Waals surface area contributed by atoms with Crippen molar-refractivity contribution < 1.29 is 4.79 Å². The van der Waals surface area contributed by atoms with E-state index >= 15 is 0 Å². The topological polar surface area (TPSA) is 60.7 Å². The molecule has 0 aliphatic heterocycles. The van der Waals surface area contributed by atoms with Gasteiger partial charge in [-0.3, -0.25) is 4.79 Å². The van der Waals surface area contributed by atoms with Crippen LogP contribution in [0.2, 0.25) is 0 Å². The van der Waals surface area contributed by atoms with Gasteiger partial charge < -0.3 is 0 Å². The Morgan fingerprint density at radius 3 is 2.85 bits per heavy atom. The van der Waals surface area contributed by atoms with Crippen LogP contribution in [0.25, 0.3) is 11.8 Å². The Balaban J connectivity index is 1.78. The number of allylic oxidation sites excluding steroid dienone is 1. The molecule has 1 aromatic carbocycles. The van der Waals surface area contributed by atoms with E-state index in [0.29, 0.717) is 11.3 Å². The zero-order chi connectivity index (χ0) is 13.8. The van der Waals surface area contributed by atoms with Crippen LogP contribution in [-0.4, -0.2) is 25.2 Å². The largest absolute Gasteiger partial charge is 0.289 e. The third-order valence-corrected chi connectivity index (χ3v) is 3.19. The summed E-state index contributed by atoms with van der Waals surface area (Å²) in [6.45, 7) is 0. The van der Waals surface area contributed by atoms with Gasteiger partial charge in [-0.05, 0) is 35.8 Å². The summed E-state index contributed by atoms with van der Waals surface area (Å²) < 4.78 is 5.40. The van der Waals surface area contributed by atoms with Crippen molar-refractivity contribution in [1.82, 2.24) is 19.4 Å². The average Bonchev–Trinajstić information content (AvgIpc) is 3.17. The number of benzene rings is 1. The Morgan fingerprint density at radius 2 is 2.10 bits per heavy atom. The van der Waals surface area contributed by atoms with E-state index < -0.39 is 0 Å². The summed E-state index contributed by atoms with van der Waals surface area (Å²) in [5, 5.41) is 9.81. The van der Waals surface area contributed by atoms with Crippen molar-refractivity contribution in [3.8, 4) is 5.69 Å². The van der Waals surface area contributed by atoms with Crippen molar-refractivity contribution in [3.63, 3.8) is 0 Å². The molecule has 0 N–H and O–H groups in total. The maximum Gasteiger partial charge on any atom is 0.189 e. The summed E-state index contributed by atoms with van der Waals surface area (Å²) in [6.07, 6.45) is 6.38. The number of carbonyl (C=O) groups is 1. The standard InChI is InChI=1S/C14H10N4OS/c19-14(7-6-12-10-20-17-16-12)11-8-15-18(9-11)13-4-2-1-3-5-13/h1-10H. The number of hydrogen-bond acceptors (Lipinski definition) is 5. The van der Waals surface area contributed by atoms with Crippen molar-refractivity contribution in [1.29, 1.82) is 0 Å². The number of aromatic nitrogens is 4. The van der Waals surface area contributed by atoms with Crippen LogP contribution in [0.1, 0.15) is 16.1 Å². The molecule has 0 saturated carbocycles. The van der Waals surface area contributed by atoms with Crippen LogP contribution in [0.4, 0.5) is 0 Å². The summed E-state index contributed by atoms with van der Waals surface area (Å²) in [5.74, 6) is -0.111. The Labute approximate surface area is 119 Å². The fraction of sp³-hybridized carbons (Fsp3) is 0. The van der Waals surface area contributed by atoms with Crippen molar-refractivity contribution in [2.24, 2.45) is 0 Å². The molecule has 3 aromatic rings. The molecule has 0 unspecified atom stereocenters. The molecule has 0 atom stereocenters. The average molecular weight is 282 g/mol. The molecule has 0 fully saturated rings. The fourth-order valence-corrected chi connectivity index (χ4v) is 2.10. The number of nitrogens with zero attached hydrogens (tertiary/aromatic N) is 4. The van der Waals surface area contributed by atoms with Gasteiger partial charge in [-0.15, -0.1) is 5.10 Å². The van der Waals surface area contributed by atoms with E-state index in [1.165, 1.54) is 17.6 Å². The molecule has 0 aliphatic carbocycles. The zero-order valence-corrected chi connectivity index (χ0v) is 11.2. The molecule has 0 saturated heterocycles. The minimum atomic E-state index is -0.111. The lowest BCUT2D eigenvalue weighted by Crippen LogP contribution is -1.94. The lowest BCUT2D eigenvalue weighted by molar-refractivity contribution is 0.104. The van der Waals surface area contributed by atoms with E-state index in [-0.39, 0.29) is 5.78 Å². The molecule has 2 heterocycles. The van der Waals surface area contributed by atoms with Crippen LogP contribution in [0.3, 0.4) is 0 Å². The quantitative estimate of drug-likeness (QED) is 0.545. The lowest BCUT2D eigenvalue weighted by Gasteiger charge is -1.98. The molecule has 3 rings (SSSR count). The van der Waals surface area contributed by atoms with Gasteiger partial charge in [0.1, 0.15) is 0 Å².